The molecule has 0 aliphatic heterocycles. The first kappa shape index (κ1) is 12.6. The molecule has 0 saturated heterocycles. The lowest BCUT2D eigenvalue weighted by molar-refractivity contribution is 0.0698. The number of hydrogen-bond donors (Lipinski definition) is 2. The monoisotopic (exact) mass is 306 g/mol. The third kappa shape index (κ3) is 3.07. The number of pyridine rings is 1. The molecule has 92 valence electrons. The Morgan fingerprint density at radius 1 is 1.28 bits per heavy atom. The van der Waals surface area contributed by atoms with Gasteiger partial charge in [-0.15, -0.1) is 0 Å². The van der Waals surface area contributed by atoms with E-state index in [9.17, 15) is 4.79 Å². The Kier molecular flexibility index (Phi) is 3.94. The van der Waals surface area contributed by atoms with Gasteiger partial charge in [0.2, 0.25) is 0 Å². The summed E-state index contributed by atoms with van der Waals surface area (Å²) in [5.74, 6) is -0.945. The molecule has 0 aliphatic rings. The summed E-state index contributed by atoms with van der Waals surface area (Å²) >= 11 is 3.33. The van der Waals surface area contributed by atoms with Crippen molar-refractivity contribution in [2.75, 3.05) is 5.32 Å². The fourth-order valence-corrected chi connectivity index (χ4v) is 1.91. The summed E-state index contributed by atoms with van der Waals surface area (Å²) in [6.45, 7) is 0.555. The van der Waals surface area contributed by atoms with Crippen LogP contribution in [-0.2, 0) is 6.54 Å². The van der Waals surface area contributed by atoms with Crippen LogP contribution in [0.5, 0.6) is 0 Å². The first-order valence-corrected chi connectivity index (χ1v) is 6.12. The van der Waals surface area contributed by atoms with Gasteiger partial charge in [-0.05, 0) is 35.9 Å². The molecule has 0 saturated carbocycles. The lowest BCUT2D eigenvalue weighted by Crippen LogP contribution is -2.06. The van der Waals surface area contributed by atoms with Crippen molar-refractivity contribution in [2.24, 2.45) is 0 Å². The average molecular weight is 307 g/mol. The fraction of sp³-hybridized carbons (Fsp3) is 0.0769. The highest BCUT2D eigenvalue weighted by Crippen LogP contribution is 2.22. The Bertz CT molecular complexity index is 558. The molecular weight excluding hydrogens is 296 g/mol. The molecule has 1 aromatic heterocycles. The third-order valence-electron chi connectivity index (χ3n) is 2.44. The van der Waals surface area contributed by atoms with E-state index in [1.165, 1.54) is 0 Å². The summed E-state index contributed by atoms with van der Waals surface area (Å²) in [5, 5.41) is 12.2. The van der Waals surface area contributed by atoms with Crippen molar-refractivity contribution >= 4 is 27.6 Å². The van der Waals surface area contributed by atoms with E-state index in [2.05, 4.69) is 26.2 Å². The number of carboxylic acid groups (broad SMARTS) is 1. The summed E-state index contributed by atoms with van der Waals surface area (Å²) in [6.07, 6.45) is 3.41. The van der Waals surface area contributed by atoms with Gasteiger partial charge in [0.25, 0.3) is 0 Å². The Hall–Kier alpha value is -1.88. The lowest BCUT2D eigenvalue weighted by atomic mass is 10.1. The van der Waals surface area contributed by atoms with Crippen LogP contribution in [0, 0.1) is 0 Å². The number of hydrogen-bond acceptors (Lipinski definition) is 3. The first-order valence-electron chi connectivity index (χ1n) is 5.32. The maximum absolute atomic E-state index is 11.1. The number of benzene rings is 1. The zero-order valence-electron chi connectivity index (χ0n) is 9.43. The number of aromatic nitrogens is 1. The molecule has 0 bridgehead atoms. The molecule has 4 nitrogen and oxygen atoms in total. The van der Waals surface area contributed by atoms with Crippen LogP contribution in [-0.4, -0.2) is 16.1 Å². The summed E-state index contributed by atoms with van der Waals surface area (Å²) in [5.41, 5.74) is 1.89. The molecule has 0 unspecified atom stereocenters. The van der Waals surface area contributed by atoms with E-state index in [0.29, 0.717) is 12.2 Å². The van der Waals surface area contributed by atoms with Crippen LogP contribution >= 0.6 is 15.9 Å². The van der Waals surface area contributed by atoms with Crippen LogP contribution in [0.25, 0.3) is 0 Å². The minimum atomic E-state index is -0.945. The van der Waals surface area contributed by atoms with Crippen molar-refractivity contribution in [1.82, 2.24) is 4.98 Å². The Morgan fingerprint density at radius 2 is 2.00 bits per heavy atom. The van der Waals surface area contributed by atoms with E-state index in [1.807, 2.05) is 12.1 Å². The van der Waals surface area contributed by atoms with Gasteiger partial charge in [0, 0.05) is 23.4 Å². The second kappa shape index (κ2) is 5.64. The largest absolute Gasteiger partial charge is 0.478 e. The fourth-order valence-electron chi connectivity index (χ4n) is 1.55. The van der Waals surface area contributed by atoms with Crippen LogP contribution < -0.4 is 5.32 Å². The highest BCUT2D eigenvalue weighted by molar-refractivity contribution is 9.10. The van der Waals surface area contributed by atoms with E-state index in [1.54, 1.807) is 30.6 Å². The van der Waals surface area contributed by atoms with Crippen LogP contribution in [0.15, 0.2) is 47.2 Å². The molecule has 0 spiro atoms. The van der Waals surface area contributed by atoms with Gasteiger partial charge in [0.05, 0.1) is 11.3 Å². The third-order valence-corrected chi connectivity index (χ3v) is 2.94. The van der Waals surface area contributed by atoms with Crippen molar-refractivity contribution in [3.8, 4) is 0 Å². The lowest BCUT2D eigenvalue weighted by Gasteiger charge is -2.10. The van der Waals surface area contributed by atoms with Gasteiger partial charge in [0.15, 0.2) is 0 Å². The maximum atomic E-state index is 11.1. The smallest absolute Gasteiger partial charge is 0.337 e. The van der Waals surface area contributed by atoms with E-state index < -0.39 is 5.97 Å². The van der Waals surface area contributed by atoms with E-state index in [0.717, 1.165) is 10.0 Å². The number of aromatic carboxylic acids is 1. The molecule has 0 amide bonds. The zero-order valence-corrected chi connectivity index (χ0v) is 11.0. The Morgan fingerprint density at radius 3 is 2.67 bits per heavy atom. The molecule has 1 aromatic carbocycles. The van der Waals surface area contributed by atoms with Crippen molar-refractivity contribution in [3.63, 3.8) is 0 Å². The molecule has 2 rings (SSSR count). The molecule has 2 N–H and O–H groups in total. The zero-order chi connectivity index (χ0) is 13.0. The molecule has 2 aromatic rings. The van der Waals surface area contributed by atoms with Gasteiger partial charge < -0.3 is 10.4 Å². The predicted molar refractivity (Wildman–Crippen MR) is 72.7 cm³/mol. The summed E-state index contributed by atoms with van der Waals surface area (Å²) in [6, 6.07) is 8.80. The number of anilines is 1. The van der Waals surface area contributed by atoms with E-state index >= 15 is 0 Å². The molecule has 1 heterocycles. The highest BCUT2D eigenvalue weighted by atomic mass is 79.9. The van der Waals surface area contributed by atoms with Crippen molar-refractivity contribution in [3.05, 3.63) is 58.3 Å². The summed E-state index contributed by atoms with van der Waals surface area (Å²) < 4.78 is 0.838. The van der Waals surface area contributed by atoms with Crippen LogP contribution in [0.3, 0.4) is 0 Å². The summed E-state index contributed by atoms with van der Waals surface area (Å²) in [4.78, 5) is 15.0. The SMILES string of the molecule is O=C(O)c1ccc(Br)cc1NCc1ccncc1. The first-order chi connectivity index (χ1) is 8.66. The predicted octanol–water partition coefficient (Wildman–Crippen LogP) is 3.15. The number of nitrogens with one attached hydrogen (secondary N) is 1. The van der Waals surface area contributed by atoms with Crippen LogP contribution in [0.1, 0.15) is 15.9 Å². The molecule has 0 atom stereocenters. The van der Waals surface area contributed by atoms with Gasteiger partial charge in [-0.2, -0.15) is 0 Å². The van der Waals surface area contributed by atoms with Crippen molar-refractivity contribution in [2.45, 2.75) is 6.54 Å². The van der Waals surface area contributed by atoms with E-state index in [-0.39, 0.29) is 5.56 Å². The minimum absolute atomic E-state index is 0.257. The van der Waals surface area contributed by atoms with Gasteiger partial charge >= 0.3 is 5.97 Å². The van der Waals surface area contributed by atoms with Crippen molar-refractivity contribution < 1.29 is 9.90 Å². The van der Waals surface area contributed by atoms with Gasteiger partial charge in [-0.25, -0.2) is 4.79 Å². The van der Waals surface area contributed by atoms with Crippen LogP contribution in [0.4, 0.5) is 5.69 Å². The molecular formula is C13H11BrN2O2. The molecule has 18 heavy (non-hydrogen) atoms. The maximum Gasteiger partial charge on any atom is 0.337 e. The quantitative estimate of drug-likeness (QED) is 0.911. The number of carboxylic acids is 1. The molecule has 0 fully saturated rings. The number of carbonyl (C=O) groups is 1. The highest BCUT2D eigenvalue weighted by Gasteiger charge is 2.09. The number of rotatable bonds is 4. The molecule has 0 radical (unpaired) electrons. The van der Waals surface area contributed by atoms with Crippen LogP contribution in [0.2, 0.25) is 0 Å². The van der Waals surface area contributed by atoms with E-state index in [4.69, 9.17) is 5.11 Å². The molecule has 5 heteroatoms. The standard InChI is InChI=1S/C13H11BrN2O2/c14-10-1-2-11(13(17)18)12(7-10)16-8-9-3-5-15-6-4-9/h1-7,16H,8H2,(H,17,18). The van der Waals surface area contributed by atoms with Gasteiger partial charge in [0.1, 0.15) is 0 Å². The average Bonchev–Trinajstić information content (AvgIpc) is 2.37. The molecule has 0 aliphatic carbocycles. The van der Waals surface area contributed by atoms with Gasteiger partial charge in [-0.1, -0.05) is 15.9 Å². The second-order valence-corrected chi connectivity index (χ2v) is 4.62. The Balaban J connectivity index is 2.18. The normalized spacial score (nSPS) is 10.1. The Labute approximate surface area is 113 Å². The topological polar surface area (TPSA) is 62.2 Å². The number of halogens is 1. The number of nitrogens with zero attached hydrogens (tertiary/aromatic N) is 1. The van der Waals surface area contributed by atoms with Crippen molar-refractivity contribution in [1.29, 1.82) is 0 Å². The minimum Gasteiger partial charge on any atom is -0.478 e. The second-order valence-electron chi connectivity index (χ2n) is 3.70. The summed E-state index contributed by atoms with van der Waals surface area (Å²) in [7, 11) is 0. The van der Waals surface area contributed by atoms with Gasteiger partial charge in [-0.3, -0.25) is 4.98 Å².